The summed E-state index contributed by atoms with van der Waals surface area (Å²) in [5.41, 5.74) is 0.499. The molecular formula is C14H24N2. The summed E-state index contributed by atoms with van der Waals surface area (Å²) in [4.78, 5) is 2.77. The summed E-state index contributed by atoms with van der Waals surface area (Å²) in [6.45, 7) is 3.78. The number of hydrogen-bond donors (Lipinski definition) is 1. The van der Waals surface area contributed by atoms with Gasteiger partial charge < -0.3 is 5.32 Å². The molecule has 2 heteroatoms. The van der Waals surface area contributed by atoms with Crippen LogP contribution >= 0.6 is 0 Å². The lowest BCUT2D eigenvalue weighted by atomic mass is 9.91. The van der Waals surface area contributed by atoms with Crippen molar-refractivity contribution < 1.29 is 0 Å². The summed E-state index contributed by atoms with van der Waals surface area (Å²) in [7, 11) is 0. The highest BCUT2D eigenvalue weighted by Crippen LogP contribution is 2.33. The Hall–Kier alpha value is -0.340. The van der Waals surface area contributed by atoms with Crippen LogP contribution in [0.5, 0.6) is 0 Å². The van der Waals surface area contributed by atoms with Crippen molar-refractivity contribution in [2.45, 2.75) is 56.5 Å². The number of rotatable bonds is 1. The second-order valence-corrected chi connectivity index (χ2v) is 5.82. The number of allylic oxidation sites excluding steroid dienone is 1. The second kappa shape index (κ2) is 4.50. The standard InChI is InChI=1S/C14H24N2/c1-2-6-13(7-3-1)16-11-10-15-14(12-16)8-4-5-9-14/h1-2,13,15H,3-12H2. The van der Waals surface area contributed by atoms with Crippen LogP contribution in [0.1, 0.15) is 44.9 Å². The molecule has 1 saturated carbocycles. The van der Waals surface area contributed by atoms with Crippen molar-refractivity contribution in [2.75, 3.05) is 19.6 Å². The number of nitrogens with zero attached hydrogens (tertiary/aromatic N) is 1. The molecule has 0 bridgehead atoms. The van der Waals surface area contributed by atoms with Crippen molar-refractivity contribution in [3.8, 4) is 0 Å². The first-order valence-electron chi connectivity index (χ1n) is 7.02. The maximum absolute atomic E-state index is 3.80. The second-order valence-electron chi connectivity index (χ2n) is 5.82. The van der Waals surface area contributed by atoms with E-state index in [1.807, 2.05) is 0 Å². The zero-order chi connectivity index (χ0) is 10.8. The van der Waals surface area contributed by atoms with Crippen molar-refractivity contribution in [1.29, 1.82) is 0 Å². The average molecular weight is 220 g/mol. The minimum Gasteiger partial charge on any atom is -0.309 e. The van der Waals surface area contributed by atoms with E-state index in [9.17, 15) is 0 Å². The maximum atomic E-state index is 3.80. The number of nitrogens with one attached hydrogen (secondary N) is 1. The van der Waals surface area contributed by atoms with Crippen molar-refractivity contribution in [3.05, 3.63) is 12.2 Å². The highest BCUT2D eigenvalue weighted by Gasteiger charge is 2.39. The quantitative estimate of drug-likeness (QED) is 0.682. The molecule has 2 aliphatic carbocycles. The number of hydrogen-bond acceptors (Lipinski definition) is 2. The molecule has 1 atom stereocenters. The topological polar surface area (TPSA) is 15.3 Å². The van der Waals surface area contributed by atoms with Crippen molar-refractivity contribution in [3.63, 3.8) is 0 Å². The lowest BCUT2D eigenvalue weighted by molar-refractivity contribution is 0.0890. The van der Waals surface area contributed by atoms with Gasteiger partial charge >= 0.3 is 0 Å². The van der Waals surface area contributed by atoms with E-state index >= 15 is 0 Å². The van der Waals surface area contributed by atoms with E-state index in [2.05, 4.69) is 22.4 Å². The van der Waals surface area contributed by atoms with Gasteiger partial charge in [-0.15, -0.1) is 0 Å². The van der Waals surface area contributed by atoms with Gasteiger partial charge in [0.2, 0.25) is 0 Å². The Morgan fingerprint density at radius 3 is 2.81 bits per heavy atom. The van der Waals surface area contributed by atoms with E-state index in [4.69, 9.17) is 0 Å². The summed E-state index contributed by atoms with van der Waals surface area (Å²) in [6, 6.07) is 0.838. The average Bonchev–Trinajstić information content (AvgIpc) is 2.78. The third kappa shape index (κ3) is 2.05. The van der Waals surface area contributed by atoms with Crippen LogP contribution in [0.2, 0.25) is 0 Å². The van der Waals surface area contributed by atoms with Crippen LogP contribution in [0.25, 0.3) is 0 Å². The normalized spacial score (nSPS) is 34.6. The van der Waals surface area contributed by atoms with E-state index < -0.39 is 0 Å². The summed E-state index contributed by atoms with van der Waals surface area (Å²) in [5.74, 6) is 0. The van der Waals surface area contributed by atoms with Gasteiger partial charge in [-0.25, -0.2) is 0 Å². The van der Waals surface area contributed by atoms with Gasteiger partial charge in [-0.1, -0.05) is 25.0 Å². The van der Waals surface area contributed by atoms with Gasteiger partial charge in [0.25, 0.3) is 0 Å². The Kier molecular flexibility index (Phi) is 3.03. The third-order valence-corrected chi connectivity index (χ3v) is 4.72. The molecule has 1 heterocycles. The van der Waals surface area contributed by atoms with Crippen molar-refractivity contribution >= 4 is 0 Å². The molecule has 1 spiro atoms. The van der Waals surface area contributed by atoms with Gasteiger partial charge in [-0.2, -0.15) is 0 Å². The fourth-order valence-corrected chi connectivity index (χ4v) is 3.80. The minimum atomic E-state index is 0.499. The van der Waals surface area contributed by atoms with Crippen LogP contribution in [-0.2, 0) is 0 Å². The van der Waals surface area contributed by atoms with Crippen LogP contribution < -0.4 is 5.32 Å². The Balaban J connectivity index is 1.65. The smallest absolute Gasteiger partial charge is 0.0309 e. The molecule has 90 valence electrons. The van der Waals surface area contributed by atoms with E-state index in [-0.39, 0.29) is 0 Å². The highest BCUT2D eigenvalue weighted by atomic mass is 15.2. The largest absolute Gasteiger partial charge is 0.309 e. The van der Waals surface area contributed by atoms with Gasteiger partial charge in [0.1, 0.15) is 0 Å². The lowest BCUT2D eigenvalue weighted by Crippen LogP contribution is -2.61. The summed E-state index contributed by atoms with van der Waals surface area (Å²) in [5, 5.41) is 3.80. The molecule has 2 nitrogen and oxygen atoms in total. The Morgan fingerprint density at radius 1 is 1.19 bits per heavy atom. The Labute approximate surface area is 99.1 Å². The zero-order valence-corrected chi connectivity index (χ0v) is 10.3. The molecule has 3 rings (SSSR count). The van der Waals surface area contributed by atoms with Gasteiger partial charge in [-0.05, 0) is 32.1 Å². The molecule has 1 N–H and O–H groups in total. The van der Waals surface area contributed by atoms with Gasteiger partial charge in [0.15, 0.2) is 0 Å². The first-order valence-corrected chi connectivity index (χ1v) is 7.02. The van der Waals surface area contributed by atoms with Crippen LogP contribution in [0.3, 0.4) is 0 Å². The predicted molar refractivity (Wildman–Crippen MR) is 67.6 cm³/mol. The van der Waals surface area contributed by atoms with Crippen LogP contribution in [0, 0.1) is 0 Å². The molecule has 0 radical (unpaired) electrons. The molecule has 1 unspecified atom stereocenters. The van der Waals surface area contributed by atoms with Gasteiger partial charge in [-0.3, -0.25) is 4.90 Å². The van der Waals surface area contributed by atoms with Crippen molar-refractivity contribution in [2.24, 2.45) is 0 Å². The van der Waals surface area contributed by atoms with Crippen LogP contribution in [-0.4, -0.2) is 36.1 Å². The molecule has 0 aromatic rings. The molecule has 0 aromatic carbocycles. The highest BCUT2D eigenvalue weighted by molar-refractivity contribution is 5.02. The fourth-order valence-electron chi connectivity index (χ4n) is 3.80. The Morgan fingerprint density at radius 2 is 2.06 bits per heavy atom. The Bertz CT molecular complexity index is 266. The van der Waals surface area contributed by atoms with Crippen molar-refractivity contribution in [1.82, 2.24) is 10.2 Å². The SMILES string of the molecule is C1=CCC(N2CCNC3(CCCC3)C2)CC1. The monoisotopic (exact) mass is 220 g/mol. The van der Waals surface area contributed by atoms with E-state index in [0.29, 0.717) is 5.54 Å². The molecular weight excluding hydrogens is 196 g/mol. The van der Waals surface area contributed by atoms with E-state index in [0.717, 1.165) is 6.04 Å². The fraction of sp³-hybridized carbons (Fsp3) is 0.857. The molecule has 2 fully saturated rings. The van der Waals surface area contributed by atoms with Crippen LogP contribution in [0.4, 0.5) is 0 Å². The van der Waals surface area contributed by atoms with Gasteiger partial charge in [0.05, 0.1) is 0 Å². The zero-order valence-electron chi connectivity index (χ0n) is 10.3. The summed E-state index contributed by atoms with van der Waals surface area (Å²) >= 11 is 0. The minimum absolute atomic E-state index is 0.499. The molecule has 0 amide bonds. The first-order chi connectivity index (χ1) is 7.88. The van der Waals surface area contributed by atoms with Crippen LogP contribution in [0.15, 0.2) is 12.2 Å². The molecule has 16 heavy (non-hydrogen) atoms. The third-order valence-electron chi connectivity index (χ3n) is 4.72. The lowest BCUT2D eigenvalue weighted by Gasteiger charge is -2.45. The molecule has 0 aromatic heterocycles. The van der Waals surface area contributed by atoms with Gasteiger partial charge in [0, 0.05) is 31.2 Å². The molecule has 1 aliphatic heterocycles. The molecule has 3 aliphatic rings. The number of piperazine rings is 1. The first kappa shape index (κ1) is 10.8. The van der Waals surface area contributed by atoms with E-state index in [1.54, 1.807) is 0 Å². The molecule has 1 saturated heterocycles. The summed E-state index contributed by atoms with van der Waals surface area (Å²) in [6.07, 6.45) is 14.4. The van der Waals surface area contributed by atoms with E-state index in [1.165, 1.54) is 64.6 Å². The maximum Gasteiger partial charge on any atom is 0.0309 e. The summed E-state index contributed by atoms with van der Waals surface area (Å²) < 4.78 is 0. The predicted octanol–water partition coefficient (Wildman–Crippen LogP) is 2.31.